The molecule has 5 heteroatoms. The van der Waals surface area contributed by atoms with Gasteiger partial charge in [0.15, 0.2) is 0 Å². The summed E-state index contributed by atoms with van der Waals surface area (Å²) in [6.45, 7) is 3.14. The van der Waals surface area contributed by atoms with Gasteiger partial charge in [-0.3, -0.25) is 4.79 Å². The molecule has 1 N–H and O–H groups in total. The molecule has 0 spiro atoms. The molecule has 1 fully saturated rings. The van der Waals surface area contributed by atoms with Gasteiger partial charge in [0, 0.05) is 6.54 Å². The molecule has 0 unspecified atom stereocenters. The lowest BCUT2D eigenvalue weighted by atomic mass is 9.83. The molecule has 0 atom stereocenters. The number of nitrogens with one attached hydrogen (secondary N) is 1. The summed E-state index contributed by atoms with van der Waals surface area (Å²) in [6.07, 6.45) is 12.8. The molecule has 1 aliphatic rings. The van der Waals surface area contributed by atoms with Crippen LogP contribution >= 0.6 is 11.6 Å². The number of anilines is 1. The van der Waals surface area contributed by atoms with Crippen molar-refractivity contribution in [2.75, 3.05) is 11.9 Å². The predicted molar refractivity (Wildman–Crippen MR) is 82.0 cm³/mol. The summed E-state index contributed by atoms with van der Waals surface area (Å²) in [7, 11) is 0. The molecule has 4 nitrogen and oxygen atoms in total. The highest BCUT2D eigenvalue weighted by Crippen LogP contribution is 2.41. The second-order valence-electron chi connectivity index (χ2n) is 5.45. The lowest BCUT2D eigenvalue weighted by Crippen LogP contribution is -2.31. The fourth-order valence-electron chi connectivity index (χ4n) is 2.88. The average Bonchev–Trinajstić information content (AvgIpc) is 2.91. The van der Waals surface area contributed by atoms with Crippen LogP contribution < -0.4 is 10.9 Å². The molecule has 2 rings (SSSR count). The van der Waals surface area contributed by atoms with Crippen LogP contribution in [0, 0.1) is 17.8 Å². The van der Waals surface area contributed by atoms with Crippen molar-refractivity contribution >= 4 is 17.3 Å². The Morgan fingerprint density at radius 3 is 2.85 bits per heavy atom. The minimum absolute atomic E-state index is 0.156. The molecular formula is C15H20ClN3O. The number of hydrogen-bond donors (Lipinski definition) is 1. The molecule has 0 saturated heterocycles. The third kappa shape index (κ3) is 2.99. The van der Waals surface area contributed by atoms with E-state index in [4.69, 9.17) is 18.0 Å². The Balaban J connectivity index is 2.19. The Morgan fingerprint density at radius 2 is 2.25 bits per heavy atom. The molecule has 1 aromatic heterocycles. The van der Waals surface area contributed by atoms with Crippen LogP contribution in [0.3, 0.4) is 0 Å². The van der Waals surface area contributed by atoms with Crippen LogP contribution in [0.2, 0.25) is 5.02 Å². The molecule has 1 saturated carbocycles. The van der Waals surface area contributed by atoms with Gasteiger partial charge in [0.25, 0.3) is 5.56 Å². The molecule has 108 valence electrons. The van der Waals surface area contributed by atoms with Crippen LogP contribution in [-0.4, -0.2) is 16.3 Å². The number of aromatic nitrogens is 2. The van der Waals surface area contributed by atoms with Gasteiger partial charge in [-0.15, -0.1) is 6.42 Å². The third-order valence-electron chi connectivity index (χ3n) is 4.29. The van der Waals surface area contributed by atoms with Crippen molar-refractivity contribution in [2.24, 2.45) is 5.41 Å². The van der Waals surface area contributed by atoms with Gasteiger partial charge in [-0.05, 0) is 24.7 Å². The van der Waals surface area contributed by atoms with Gasteiger partial charge in [0.05, 0.1) is 11.2 Å². The number of terminal acetylenes is 1. The maximum absolute atomic E-state index is 12.2. The highest BCUT2D eigenvalue weighted by atomic mass is 35.5. The van der Waals surface area contributed by atoms with Crippen molar-refractivity contribution < 1.29 is 0 Å². The number of nitrogens with zero attached hydrogens (tertiary/aromatic N) is 2. The largest absolute Gasteiger partial charge is 0.379 e. The van der Waals surface area contributed by atoms with Gasteiger partial charge in [-0.1, -0.05) is 37.3 Å². The minimum atomic E-state index is -0.250. The van der Waals surface area contributed by atoms with Gasteiger partial charge in [-0.25, -0.2) is 4.68 Å². The Morgan fingerprint density at radius 1 is 1.55 bits per heavy atom. The van der Waals surface area contributed by atoms with Crippen molar-refractivity contribution in [3.8, 4) is 12.3 Å². The van der Waals surface area contributed by atoms with Crippen molar-refractivity contribution in [3.05, 3.63) is 21.6 Å². The van der Waals surface area contributed by atoms with Crippen LogP contribution in [0.1, 0.15) is 39.0 Å². The van der Waals surface area contributed by atoms with Crippen LogP contribution in [0.15, 0.2) is 11.0 Å². The molecule has 20 heavy (non-hydrogen) atoms. The van der Waals surface area contributed by atoms with E-state index in [2.05, 4.69) is 23.3 Å². The van der Waals surface area contributed by atoms with Crippen LogP contribution in [0.4, 0.5) is 5.69 Å². The summed E-state index contributed by atoms with van der Waals surface area (Å²) < 4.78 is 1.25. The second kappa shape index (κ2) is 6.32. The highest BCUT2D eigenvalue weighted by Gasteiger charge is 2.32. The summed E-state index contributed by atoms with van der Waals surface area (Å²) in [5.74, 6) is 2.42. The Hall–Kier alpha value is -1.47. The van der Waals surface area contributed by atoms with Crippen molar-refractivity contribution in [1.29, 1.82) is 0 Å². The SMILES string of the molecule is C#CCn1ncc(Cl)c(NCC2(CC)CCCC2)c1=O. The van der Waals surface area contributed by atoms with E-state index in [-0.39, 0.29) is 17.5 Å². The van der Waals surface area contributed by atoms with E-state index in [1.807, 2.05) is 0 Å². The summed E-state index contributed by atoms with van der Waals surface area (Å²) in [5.41, 5.74) is 0.451. The van der Waals surface area contributed by atoms with Gasteiger partial charge in [0.2, 0.25) is 0 Å². The third-order valence-corrected chi connectivity index (χ3v) is 4.58. The topological polar surface area (TPSA) is 46.9 Å². The second-order valence-corrected chi connectivity index (χ2v) is 5.86. The van der Waals surface area contributed by atoms with Crippen LogP contribution in [0.5, 0.6) is 0 Å². The lowest BCUT2D eigenvalue weighted by molar-refractivity contribution is 0.306. The molecule has 0 bridgehead atoms. The summed E-state index contributed by atoms with van der Waals surface area (Å²) >= 11 is 6.09. The first-order valence-electron chi connectivity index (χ1n) is 7.05. The van der Waals surface area contributed by atoms with E-state index in [0.29, 0.717) is 10.7 Å². The Bertz CT molecular complexity index is 567. The summed E-state index contributed by atoms with van der Waals surface area (Å²) in [6, 6.07) is 0. The van der Waals surface area contributed by atoms with Crippen molar-refractivity contribution in [3.63, 3.8) is 0 Å². The number of hydrogen-bond acceptors (Lipinski definition) is 3. The summed E-state index contributed by atoms with van der Waals surface area (Å²) in [5, 5.41) is 7.53. The van der Waals surface area contributed by atoms with E-state index in [1.165, 1.54) is 36.6 Å². The van der Waals surface area contributed by atoms with E-state index in [9.17, 15) is 4.79 Å². The zero-order valence-electron chi connectivity index (χ0n) is 11.8. The lowest BCUT2D eigenvalue weighted by Gasteiger charge is -2.28. The summed E-state index contributed by atoms with van der Waals surface area (Å²) in [4.78, 5) is 12.2. The van der Waals surface area contributed by atoms with Gasteiger partial charge >= 0.3 is 0 Å². The van der Waals surface area contributed by atoms with Gasteiger partial charge in [-0.2, -0.15) is 5.10 Å². The molecule has 1 heterocycles. The predicted octanol–water partition coefficient (Wildman–Crippen LogP) is 2.91. The highest BCUT2D eigenvalue weighted by molar-refractivity contribution is 6.32. The molecule has 0 amide bonds. The zero-order valence-corrected chi connectivity index (χ0v) is 12.5. The fraction of sp³-hybridized carbons (Fsp3) is 0.600. The van der Waals surface area contributed by atoms with E-state index in [1.54, 1.807) is 0 Å². The molecule has 1 aromatic rings. The smallest absolute Gasteiger partial charge is 0.292 e. The molecule has 0 aliphatic heterocycles. The Labute approximate surface area is 124 Å². The van der Waals surface area contributed by atoms with Gasteiger partial charge < -0.3 is 5.32 Å². The first kappa shape index (κ1) is 14.9. The molecular weight excluding hydrogens is 274 g/mol. The minimum Gasteiger partial charge on any atom is -0.379 e. The maximum Gasteiger partial charge on any atom is 0.292 e. The van der Waals surface area contributed by atoms with Crippen molar-refractivity contribution in [2.45, 2.75) is 45.6 Å². The van der Waals surface area contributed by atoms with Crippen molar-refractivity contribution in [1.82, 2.24) is 9.78 Å². The number of rotatable bonds is 5. The van der Waals surface area contributed by atoms with Crippen LogP contribution in [-0.2, 0) is 6.54 Å². The molecule has 1 aliphatic carbocycles. The molecule has 0 aromatic carbocycles. The first-order chi connectivity index (χ1) is 9.62. The standard InChI is InChI=1S/C15H20ClN3O/c1-3-9-19-14(20)13(12(16)10-18-19)17-11-15(4-2)7-5-6-8-15/h1,10,17H,4-9,11H2,2H3. The fourth-order valence-corrected chi connectivity index (χ4v) is 3.08. The maximum atomic E-state index is 12.2. The van der Waals surface area contributed by atoms with E-state index >= 15 is 0 Å². The normalized spacial score (nSPS) is 16.9. The number of halogens is 1. The first-order valence-corrected chi connectivity index (χ1v) is 7.42. The average molecular weight is 294 g/mol. The van der Waals surface area contributed by atoms with E-state index < -0.39 is 0 Å². The van der Waals surface area contributed by atoms with Crippen LogP contribution in [0.25, 0.3) is 0 Å². The quantitative estimate of drug-likeness (QED) is 0.849. The molecule has 0 radical (unpaired) electrons. The zero-order chi connectivity index (χ0) is 14.6. The monoisotopic (exact) mass is 293 g/mol. The Kier molecular flexibility index (Phi) is 4.72. The van der Waals surface area contributed by atoms with E-state index in [0.717, 1.165) is 13.0 Å². The van der Waals surface area contributed by atoms with Gasteiger partial charge in [0.1, 0.15) is 12.2 Å².